The molecule has 3 atom stereocenters. The SMILES string of the molecule is CCCCCCCN(C(=O)C(CO)NC(=O)OC(C)(C)C)C(C(=O)NC(Cc1ccccc1)C(=O)OC(C)(C)C)c1cc(C)ccc1C. The zero-order chi connectivity index (χ0) is 36.1. The maximum atomic E-state index is 14.6. The quantitative estimate of drug-likeness (QED) is 0.146. The Balaban J connectivity index is 2.63. The van der Waals surface area contributed by atoms with Gasteiger partial charge in [0.25, 0.3) is 0 Å². The Morgan fingerprint density at radius 1 is 0.812 bits per heavy atom. The van der Waals surface area contributed by atoms with Crippen LogP contribution in [0.15, 0.2) is 48.5 Å². The minimum absolute atomic E-state index is 0.172. The summed E-state index contributed by atoms with van der Waals surface area (Å²) in [6, 6.07) is 11.4. The molecule has 0 saturated carbocycles. The van der Waals surface area contributed by atoms with E-state index in [2.05, 4.69) is 17.6 Å². The number of ether oxygens (including phenoxy) is 2. The van der Waals surface area contributed by atoms with Crippen LogP contribution in [-0.2, 0) is 30.3 Å². The number of aliphatic hydroxyl groups is 1. The molecule has 0 fully saturated rings. The smallest absolute Gasteiger partial charge is 0.408 e. The van der Waals surface area contributed by atoms with Gasteiger partial charge in [-0.15, -0.1) is 0 Å². The van der Waals surface area contributed by atoms with Crippen LogP contribution < -0.4 is 10.6 Å². The molecule has 0 aliphatic rings. The zero-order valence-corrected chi connectivity index (χ0v) is 30.4. The predicted octanol–water partition coefficient (Wildman–Crippen LogP) is 6.10. The molecule has 0 radical (unpaired) electrons. The third-order valence-electron chi connectivity index (χ3n) is 7.54. The molecule has 266 valence electrons. The van der Waals surface area contributed by atoms with Crippen molar-refractivity contribution in [3.63, 3.8) is 0 Å². The number of aryl methyl sites for hydroxylation is 2. The van der Waals surface area contributed by atoms with Gasteiger partial charge in [-0.2, -0.15) is 0 Å². The van der Waals surface area contributed by atoms with Crippen LogP contribution in [0.3, 0.4) is 0 Å². The van der Waals surface area contributed by atoms with E-state index in [1.54, 1.807) is 41.5 Å². The van der Waals surface area contributed by atoms with E-state index < -0.39 is 59.8 Å². The molecule has 3 N–H and O–H groups in total. The number of unbranched alkanes of at least 4 members (excludes halogenated alkanes) is 4. The Morgan fingerprint density at radius 2 is 1.44 bits per heavy atom. The molecule has 0 bridgehead atoms. The number of esters is 1. The molecule has 48 heavy (non-hydrogen) atoms. The molecule has 0 aromatic heterocycles. The van der Waals surface area contributed by atoms with Crippen molar-refractivity contribution in [1.29, 1.82) is 0 Å². The van der Waals surface area contributed by atoms with Crippen LogP contribution in [0.5, 0.6) is 0 Å². The van der Waals surface area contributed by atoms with Crippen molar-refractivity contribution in [2.45, 2.75) is 130 Å². The van der Waals surface area contributed by atoms with Crippen molar-refractivity contribution in [2.75, 3.05) is 13.2 Å². The van der Waals surface area contributed by atoms with Gasteiger partial charge in [0.05, 0.1) is 6.61 Å². The molecule has 10 nitrogen and oxygen atoms in total. The topological polar surface area (TPSA) is 134 Å². The molecule has 3 amide bonds. The Hall–Kier alpha value is -3.92. The molecule has 3 unspecified atom stereocenters. The lowest BCUT2D eigenvalue weighted by Gasteiger charge is -2.36. The van der Waals surface area contributed by atoms with Gasteiger partial charge >= 0.3 is 12.1 Å². The molecule has 10 heteroatoms. The lowest BCUT2D eigenvalue weighted by Crippen LogP contribution is -2.56. The van der Waals surface area contributed by atoms with Gasteiger partial charge in [-0.25, -0.2) is 9.59 Å². The van der Waals surface area contributed by atoms with E-state index in [4.69, 9.17) is 9.47 Å². The summed E-state index contributed by atoms with van der Waals surface area (Å²) in [7, 11) is 0. The summed E-state index contributed by atoms with van der Waals surface area (Å²) in [5, 5.41) is 15.8. The van der Waals surface area contributed by atoms with Crippen molar-refractivity contribution < 1.29 is 33.8 Å². The van der Waals surface area contributed by atoms with E-state index in [-0.39, 0.29) is 13.0 Å². The van der Waals surface area contributed by atoms with Gasteiger partial charge in [-0.05, 0) is 78.5 Å². The number of hydrogen-bond donors (Lipinski definition) is 3. The molecule has 0 heterocycles. The highest BCUT2D eigenvalue weighted by Gasteiger charge is 2.38. The third kappa shape index (κ3) is 13.7. The monoisotopic (exact) mass is 667 g/mol. The van der Waals surface area contributed by atoms with E-state index in [1.165, 1.54) is 4.90 Å². The van der Waals surface area contributed by atoms with Crippen LogP contribution in [0.4, 0.5) is 4.79 Å². The molecular formula is C38H57N3O7. The first-order valence-corrected chi connectivity index (χ1v) is 17.0. The highest BCUT2D eigenvalue weighted by molar-refractivity contribution is 5.94. The van der Waals surface area contributed by atoms with Crippen LogP contribution in [0.25, 0.3) is 0 Å². The first-order valence-electron chi connectivity index (χ1n) is 17.0. The number of alkyl carbamates (subject to hydrolysis) is 1. The lowest BCUT2D eigenvalue weighted by molar-refractivity contribution is -0.159. The Labute approximate surface area is 287 Å². The minimum atomic E-state index is -1.37. The summed E-state index contributed by atoms with van der Waals surface area (Å²) in [5.41, 5.74) is 1.41. The molecule has 2 rings (SSSR count). The van der Waals surface area contributed by atoms with Crippen LogP contribution in [0, 0.1) is 13.8 Å². The van der Waals surface area contributed by atoms with Gasteiger partial charge < -0.3 is 30.1 Å². The van der Waals surface area contributed by atoms with Gasteiger partial charge in [0.1, 0.15) is 29.3 Å². The Kier molecular flexibility index (Phi) is 15.6. The summed E-state index contributed by atoms with van der Waals surface area (Å²) in [6.45, 7) is 15.7. The van der Waals surface area contributed by atoms with Gasteiger partial charge in [0.2, 0.25) is 11.8 Å². The number of rotatable bonds is 16. The average molecular weight is 668 g/mol. The number of benzene rings is 2. The van der Waals surface area contributed by atoms with E-state index in [1.807, 2.05) is 62.4 Å². The number of carbonyl (C=O) groups is 4. The van der Waals surface area contributed by atoms with E-state index in [0.717, 1.165) is 42.4 Å². The largest absolute Gasteiger partial charge is 0.458 e. The number of nitrogens with one attached hydrogen (secondary N) is 2. The van der Waals surface area contributed by atoms with Crippen molar-refractivity contribution >= 4 is 23.9 Å². The van der Waals surface area contributed by atoms with Crippen LogP contribution in [0.1, 0.15) is 109 Å². The summed E-state index contributed by atoms with van der Waals surface area (Å²) in [4.78, 5) is 56.6. The normalized spacial score (nSPS) is 13.5. The second kappa shape index (κ2) is 18.6. The highest BCUT2D eigenvalue weighted by Crippen LogP contribution is 2.28. The molecule has 2 aromatic carbocycles. The summed E-state index contributed by atoms with van der Waals surface area (Å²) >= 11 is 0. The molecule has 2 aromatic rings. The van der Waals surface area contributed by atoms with E-state index in [0.29, 0.717) is 12.0 Å². The standard InChI is InChI=1S/C38H57N3O7/c1-10-11-12-13-17-22-41(34(44)31(25-42)40-36(46)48-38(7,8)9)32(29-23-26(2)20-21-27(29)3)33(43)39-30(35(45)47-37(4,5)6)24-28-18-15-14-16-19-28/h14-16,18-21,23,30-32,42H,10-13,17,22,24-25H2,1-9H3,(H,39,43)(H,40,46). The van der Waals surface area contributed by atoms with Crippen molar-refractivity contribution in [3.8, 4) is 0 Å². The van der Waals surface area contributed by atoms with E-state index >= 15 is 0 Å². The van der Waals surface area contributed by atoms with Gasteiger partial charge in [0, 0.05) is 13.0 Å². The first kappa shape index (κ1) is 40.3. The second-order valence-corrected chi connectivity index (χ2v) is 14.4. The van der Waals surface area contributed by atoms with Crippen molar-refractivity contribution in [1.82, 2.24) is 15.5 Å². The third-order valence-corrected chi connectivity index (χ3v) is 7.54. The maximum Gasteiger partial charge on any atom is 0.408 e. The number of aliphatic hydroxyl groups excluding tert-OH is 1. The predicted molar refractivity (Wildman–Crippen MR) is 187 cm³/mol. The molecule has 0 saturated heterocycles. The van der Waals surface area contributed by atoms with Gasteiger partial charge in [-0.1, -0.05) is 86.7 Å². The fourth-order valence-corrected chi connectivity index (χ4v) is 5.26. The van der Waals surface area contributed by atoms with Crippen LogP contribution in [0.2, 0.25) is 0 Å². The second-order valence-electron chi connectivity index (χ2n) is 14.4. The lowest BCUT2D eigenvalue weighted by atomic mass is 9.95. The Bertz CT molecular complexity index is 1350. The van der Waals surface area contributed by atoms with Crippen LogP contribution in [-0.4, -0.2) is 70.3 Å². The van der Waals surface area contributed by atoms with Crippen molar-refractivity contribution in [2.24, 2.45) is 0 Å². The van der Waals surface area contributed by atoms with Gasteiger partial charge in [-0.3, -0.25) is 9.59 Å². The van der Waals surface area contributed by atoms with Crippen molar-refractivity contribution in [3.05, 3.63) is 70.8 Å². The molecular weight excluding hydrogens is 610 g/mol. The van der Waals surface area contributed by atoms with Crippen LogP contribution >= 0.6 is 0 Å². The molecule has 0 aliphatic heterocycles. The molecule has 0 aliphatic carbocycles. The van der Waals surface area contributed by atoms with Gasteiger partial charge in [0.15, 0.2) is 0 Å². The fraction of sp³-hybridized carbons (Fsp3) is 0.579. The van der Waals surface area contributed by atoms with E-state index in [9.17, 15) is 24.3 Å². The highest BCUT2D eigenvalue weighted by atomic mass is 16.6. The average Bonchev–Trinajstić information content (AvgIpc) is 2.98. The molecule has 0 spiro atoms. The fourth-order valence-electron chi connectivity index (χ4n) is 5.26. The summed E-state index contributed by atoms with van der Waals surface area (Å²) in [6.07, 6.45) is 3.74. The number of carbonyl (C=O) groups excluding carboxylic acids is 4. The minimum Gasteiger partial charge on any atom is -0.458 e. The number of amides is 3. The zero-order valence-electron chi connectivity index (χ0n) is 30.4. The summed E-state index contributed by atoms with van der Waals surface area (Å²) < 4.78 is 11.1. The number of nitrogens with zero attached hydrogens (tertiary/aromatic N) is 1. The Morgan fingerprint density at radius 3 is 2.02 bits per heavy atom. The summed E-state index contributed by atoms with van der Waals surface area (Å²) in [5.74, 6) is -1.82. The maximum absolute atomic E-state index is 14.6. The first-order chi connectivity index (χ1) is 22.5. The number of hydrogen-bond acceptors (Lipinski definition) is 7.